The van der Waals surface area contributed by atoms with Crippen molar-refractivity contribution in [2.75, 3.05) is 13.2 Å². The highest BCUT2D eigenvalue weighted by Crippen LogP contribution is 2.25. The van der Waals surface area contributed by atoms with E-state index in [-0.39, 0.29) is 30.4 Å². The number of likely N-dealkylation sites (tertiary alicyclic amines) is 1. The zero-order chi connectivity index (χ0) is 20.9. The highest BCUT2D eigenvalue weighted by Gasteiger charge is 2.35. The van der Waals surface area contributed by atoms with Gasteiger partial charge in [-0.1, -0.05) is 24.3 Å². The number of benzene rings is 1. The van der Waals surface area contributed by atoms with E-state index in [0.717, 1.165) is 25.1 Å². The molecule has 30 heavy (non-hydrogen) atoms. The summed E-state index contributed by atoms with van der Waals surface area (Å²) in [5.41, 5.74) is 0.540. The van der Waals surface area contributed by atoms with Gasteiger partial charge in [-0.3, -0.25) is 9.59 Å². The Labute approximate surface area is 176 Å². The lowest BCUT2D eigenvalue weighted by Gasteiger charge is -2.41. The van der Waals surface area contributed by atoms with Gasteiger partial charge in [0.1, 0.15) is 18.1 Å². The van der Waals surface area contributed by atoms with Crippen LogP contribution in [-0.2, 0) is 11.3 Å². The number of nitrogens with zero attached hydrogens (tertiary/aromatic N) is 3. The number of ether oxygens (including phenoxy) is 1. The molecule has 0 radical (unpaired) electrons. The van der Waals surface area contributed by atoms with E-state index >= 15 is 0 Å². The fourth-order valence-electron chi connectivity index (χ4n) is 4.25. The summed E-state index contributed by atoms with van der Waals surface area (Å²) in [5.74, 6) is 1.33. The fraction of sp³-hybridized carbons (Fsp3) is 0.435. The molecule has 2 aliphatic rings. The van der Waals surface area contributed by atoms with Crippen LogP contribution in [0.1, 0.15) is 41.9 Å². The molecule has 1 aromatic carbocycles. The maximum atomic E-state index is 13.1. The molecule has 0 saturated carbocycles. The number of hydrogen-bond donors (Lipinski definition) is 1. The summed E-state index contributed by atoms with van der Waals surface area (Å²) in [4.78, 5) is 32.3. The van der Waals surface area contributed by atoms with Crippen molar-refractivity contribution in [3.05, 3.63) is 60.2 Å². The summed E-state index contributed by atoms with van der Waals surface area (Å²) in [6.45, 7) is 3.38. The second-order valence-electron chi connectivity index (χ2n) is 7.82. The molecule has 0 unspecified atom stereocenters. The Balaban J connectivity index is 1.57. The minimum Gasteiger partial charge on any atom is -0.492 e. The van der Waals surface area contributed by atoms with Gasteiger partial charge in [-0.15, -0.1) is 0 Å². The first-order valence-electron chi connectivity index (χ1n) is 10.6. The quantitative estimate of drug-likeness (QED) is 0.776. The van der Waals surface area contributed by atoms with Crippen LogP contribution in [-0.4, -0.2) is 51.5 Å². The van der Waals surface area contributed by atoms with Crippen LogP contribution in [0.5, 0.6) is 5.75 Å². The number of carbonyl (C=O) groups is 2. The van der Waals surface area contributed by atoms with Gasteiger partial charge in [0.05, 0.1) is 18.2 Å². The molecule has 0 aliphatic carbocycles. The predicted molar refractivity (Wildman–Crippen MR) is 113 cm³/mol. The molecule has 7 heteroatoms. The number of aromatic nitrogens is 2. The van der Waals surface area contributed by atoms with Crippen LogP contribution in [0, 0.1) is 6.92 Å². The molecule has 0 bridgehead atoms. The van der Waals surface area contributed by atoms with E-state index in [1.807, 2.05) is 40.8 Å². The van der Waals surface area contributed by atoms with E-state index in [9.17, 15) is 9.59 Å². The molecule has 1 saturated heterocycles. The van der Waals surface area contributed by atoms with Crippen molar-refractivity contribution in [1.29, 1.82) is 0 Å². The topological polar surface area (TPSA) is 76.5 Å². The third kappa shape index (κ3) is 4.40. The number of imidazole rings is 1. The van der Waals surface area contributed by atoms with Gasteiger partial charge in [-0.2, -0.15) is 0 Å². The minimum absolute atomic E-state index is 0.0595. The number of carbonyl (C=O) groups excluding carboxylic acids is 2. The number of aryl methyl sites for hydroxylation is 1. The van der Waals surface area contributed by atoms with Crippen LogP contribution >= 0.6 is 0 Å². The number of para-hydroxylation sites is 1. The predicted octanol–water partition coefficient (Wildman–Crippen LogP) is 2.71. The van der Waals surface area contributed by atoms with Crippen molar-refractivity contribution in [2.24, 2.45) is 0 Å². The van der Waals surface area contributed by atoms with Crippen molar-refractivity contribution < 1.29 is 14.3 Å². The van der Waals surface area contributed by atoms with Crippen molar-refractivity contribution in [3.8, 4) is 5.75 Å². The second kappa shape index (κ2) is 9.15. The molecule has 2 atom stereocenters. The summed E-state index contributed by atoms with van der Waals surface area (Å²) in [5, 5.41) is 3.18. The lowest BCUT2D eigenvalue weighted by atomic mass is 9.92. The monoisotopic (exact) mass is 408 g/mol. The molecule has 158 valence electrons. The molecule has 7 nitrogen and oxygen atoms in total. The Morgan fingerprint density at radius 3 is 3.00 bits per heavy atom. The van der Waals surface area contributed by atoms with E-state index in [0.29, 0.717) is 30.9 Å². The van der Waals surface area contributed by atoms with Gasteiger partial charge in [-0.25, -0.2) is 4.98 Å². The van der Waals surface area contributed by atoms with Crippen molar-refractivity contribution in [2.45, 2.75) is 51.2 Å². The Kier molecular flexibility index (Phi) is 6.16. The minimum atomic E-state index is -0.148. The average molecular weight is 409 g/mol. The zero-order valence-corrected chi connectivity index (χ0v) is 17.3. The van der Waals surface area contributed by atoms with Crippen molar-refractivity contribution >= 4 is 11.8 Å². The molecule has 0 spiro atoms. The number of rotatable bonds is 2. The molecule has 4 rings (SSSR count). The van der Waals surface area contributed by atoms with Crippen molar-refractivity contribution in [1.82, 2.24) is 19.8 Å². The summed E-state index contributed by atoms with van der Waals surface area (Å²) >= 11 is 0. The van der Waals surface area contributed by atoms with E-state index in [4.69, 9.17) is 4.74 Å². The number of amides is 2. The molecule has 1 aromatic heterocycles. The van der Waals surface area contributed by atoms with Crippen LogP contribution in [0.25, 0.3) is 0 Å². The van der Waals surface area contributed by atoms with Crippen LogP contribution in [0.2, 0.25) is 0 Å². The van der Waals surface area contributed by atoms with Gasteiger partial charge in [0.15, 0.2) is 0 Å². The Bertz CT molecular complexity index is 936. The standard InChI is InChI=1S/C23H28N4O3/c1-17-24-12-14-26(17)16-22(28)27-13-7-9-19-20(27)10-3-2-6-15-30-21-11-5-4-8-18(21)23(29)25-19/h2-5,8,11-12,14,19-20H,6-7,9-10,13,15-16H2,1H3,(H,25,29)/b3-2+/t19-,20-/m0/s1. The molecular weight excluding hydrogens is 380 g/mol. The third-order valence-corrected chi connectivity index (χ3v) is 5.86. The van der Waals surface area contributed by atoms with E-state index in [1.54, 1.807) is 12.3 Å². The first kappa shape index (κ1) is 20.2. The number of fused-ring (bicyclic) bond motifs is 2. The van der Waals surface area contributed by atoms with Crippen LogP contribution in [0.3, 0.4) is 0 Å². The molecule has 2 aromatic rings. The van der Waals surface area contributed by atoms with Crippen molar-refractivity contribution in [3.63, 3.8) is 0 Å². The van der Waals surface area contributed by atoms with Gasteiger partial charge < -0.3 is 19.5 Å². The van der Waals surface area contributed by atoms with Gasteiger partial charge in [0.25, 0.3) is 5.91 Å². The molecule has 3 heterocycles. The van der Waals surface area contributed by atoms with E-state index in [1.165, 1.54) is 0 Å². The first-order valence-corrected chi connectivity index (χ1v) is 10.6. The van der Waals surface area contributed by atoms with E-state index < -0.39 is 0 Å². The molecule has 2 aliphatic heterocycles. The molecule has 1 N–H and O–H groups in total. The Morgan fingerprint density at radius 2 is 2.17 bits per heavy atom. The largest absolute Gasteiger partial charge is 0.492 e. The maximum Gasteiger partial charge on any atom is 0.255 e. The SMILES string of the molecule is Cc1nccn1CC(=O)N1CCC[C@@H]2NC(=O)c3ccccc3OCC/C=C/C[C@@H]21. The number of piperidine rings is 1. The van der Waals surface area contributed by atoms with E-state index in [2.05, 4.69) is 22.5 Å². The summed E-state index contributed by atoms with van der Waals surface area (Å²) in [7, 11) is 0. The molecule has 2 amide bonds. The van der Waals surface area contributed by atoms with Gasteiger partial charge in [0, 0.05) is 25.0 Å². The van der Waals surface area contributed by atoms with Gasteiger partial charge >= 0.3 is 0 Å². The number of nitrogens with one attached hydrogen (secondary N) is 1. The third-order valence-electron chi connectivity index (χ3n) is 5.86. The van der Waals surface area contributed by atoms with Crippen LogP contribution in [0.4, 0.5) is 0 Å². The highest BCUT2D eigenvalue weighted by molar-refractivity contribution is 5.97. The van der Waals surface area contributed by atoms with Crippen LogP contribution in [0.15, 0.2) is 48.8 Å². The maximum absolute atomic E-state index is 13.1. The summed E-state index contributed by atoms with van der Waals surface area (Å²) in [6, 6.07) is 7.16. The Morgan fingerprint density at radius 1 is 1.30 bits per heavy atom. The second-order valence-corrected chi connectivity index (χ2v) is 7.82. The first-order chi connectivity index (χ1) is 14.6. The smallest absolute Gasteiger partial charge is 0.255 e. The number of hydrogen-bond acceptors (Lipinski definition) is 4. The molecule has 1 fully saturated rings. The lowest BCUT2D eigenvalue weighted by molar-refractivity contribution is -0.136. The normalized spacial score (nSPS) is 23.1. The molecular formula is C23H28N4O3. The zero-order valence-electron chi connectivity index (χ0n) is 17.3. The lowest BCUT2D eigenvalue weighted by Crippen LogP contribution is -2.57. The van der Waals surface area contributed by atoms with Gasteiger partial charge in [0.2, 0.25) is 5.91 Å². The average Bonchev–Trinajstić information content (AvgIpc) is 3.15. The van der Waals surface area contributed by atoms with Crippen LogP contribution < -0.4 is 10.1 Å². The van der Waals surface area contributed by atoms with Gasteiger partial charge in [-0.05, 0) is 44.7 Å². The summed E-state index contributed by atoms with van der Waals surface area (Å²) < 4.78 is 7.68. The fourth-order valence-corrected chi connectivity index (χ4v) is 4.25. The highest BCUT2D eigenvalue weighted by atomic mass is 16.5. The summed E-state index contributed by atoms with van der Waals surface area (Å²) in [6.07, 6.45) is 10.9. The Hall–Kier alpha value is -3.09.